The van der Waals surface area contributed by atoms with Gasteiger partial charge >= 0.3 is 5.97 Å². The molecule has 0 aliphatic heterocycles. The minimum absolute atomic E-state index is 0.144. The number of benzene rings is 1. The highest BCUT2D eigenvalue weighted by Crippen LogP contribution is 2.28. The van der Waals surface area contributed by atoms with E-state index in [0.29, 0.717) is 30.3 Å². The van der Waals surface area contributed by atoms with Crippen molar-refractivity contribution < 1.29 is 14.3 Å². The maximum atomic E-state index is 11.2. The monoisotopic (exact) mass is 257 g/mol. The van der Waals surface area contributed by atoms with Crippen LogP contribution in [0, 0.1) is 0 Å². The summed E-state index contributed by atoms with van der Waals surface area (Å²) in [4.78, 5) is 11.2. The van der Waals surface area contributed by atoms with Gasteiger partial charge in [0.25, 0.3) is 0 Å². The Labute approximate surface area is 106 Å². The van der Waals surface area contributed by atoms with Crippen LogP contribution >= 0.6 is 11.6 Å². The molecule has 2 N–H and O–H groups in total. The second-order valence-electron chi connectivity index (χ2n) is 3.36. The number of halogens is 1. The van der Waals surface area contributed by atoms with Gasteiger partial charge in [0, 0.05) is 0 Å². The highest BCUT2D eigenvalue weighted by Gasteiger charge is 2.10. The predicted octanol–water partition coefficient (Wildman–Crippen LogP) is 1.78. The molecule has 0 bridgehead atoms. The lowest BCUT2D eigenvalue weighted by Crippen LogP contribution is -2.16. The SMILES string of the molecule is CCOC(=O)COc1c(Cl)cccc1CCN. The van der Waals surface area contributed by atoms with Crippen LogP contribution in [0.5, 0.6) is 5.75 Å². The van der Waals surface area contributed by atoms with E-state index in [9.17, 15) is 4.79 Å². The summed E-state index contributed by atoms with van der Waals surface area (Å²) in [5, 5.41) is 0.472. The van der Waals surface area contributed by atoms with E-state index in [1.807, 2.05) is 12.1 Å². The molecule has 0 radical (unpaired) electrons. The fourth-order valence-electron chi connectivity index (χ4n) is 1.40. The van der Waals surface area contributed by atoms with Gasteiger partial charge in [-0.05, 0) is 31.5 Å². The van der Waals surface area contributed by atoms with Crippen LogP contribution in [-0.2, 0) is 16.0 Å². The number of hydrogen-bond donors (Lipinski definition) is 1. The summed E-state index contributed by atoms with van der Waals surface area (Å²) in [5.74, 6) is 0.0961. The van der Waals surface area contributed by atoms with E-state index in [-0.39, 0.29) is 6.61 Å². The minimum atomic E-state index is -0.411. The van der Waals surface area contributed by atoms with E-state index < -0.39 is 5.97 Å². The zero-order valence-electron chi connectivity index (χ0n) is 9.74. The summed E-state index contributed by atoms with van der Waals surface area (Å²) in [6.07, 6.45) is 0.652. The number of nitrogens with two attached hydrogens (primary N) is 1. The number of carbonyl (C=O) groups excluding carboxylic acids is 1. The topological polar surface area (TPSA) is 61.5 Å². The van der Waals surface area contributed by atoms with Gasteiger partial charge in [-0.3, -0.25) is 0 Å². The van der Waals surface area contributed by atoms with Crippen LogP contribution in [0.25, 0.3) is 0 Å². The zero-order chi connectivity index (χ0) is 12.7. The second-order valence-corrected chi connectivity index (χ2v) is 3.77. The van der Waals surface area contributed by atoms with Gasteiger partial charge in [0.05, 0.1) is 11.6 Å². The molecule has 1 aromatic carbocycles. The summed E-state index contributed by atoms with van der Waals surface area (Å²) in [5.41, 5.74) is 6.39. The highest BCUT2D eigenvalue weighted by atomic mass is 35.5. The largest absolute Gasteiger partial charge is 0.480 e. The van der Waals surface area contributed by atoms with Crippen molar-refractivity contribution in [3.05, 3.63) is 28.8 Å². The molecule has 94 valence electrons. The third-order valence-electron chi connectivity index (χ3n) is 2.10. The molecule has 0 heterocycles. The van der Waals surface area contributed by atoms with Crippen molar-refractivity contribution in [1.29, 1.82) is 0 Å². The van der Waals surface area contributed by atoms with E-state index in [0.717, 1.165) is 5.56 Å². The summed E-state index contributed by atoms with van der Waals surface area (Å²) < 4.78 is 10.1. The van der Waals surface area contributed by atoms with Crippen LogP contribution in [0.1, 0.15) is 12.5 Å². The van der Waals surface area contributed by atoms with Crippen LogP contribution in [0.3, 0.4) is 0 Å². The standard InChI is InChI=1S/C12H16ClNO3/c1-2-16-11(15)8-17-12-9(6-7-14)4-3-5-10(12)13/h3-5H,2,6-8,14H2,1H3. The van der Waals surface area contributed by atoms with Gasteiger partial charge in [0.15, 0.2) is 6.61 Å². The molecule has 0 fully saturated rings. The Balaban J connectivity index is 2.71. The highest BCUT2D eigenvalue weighted by molar-refractivity contribution is 6.32. The zero-order valence-corrected chi connectivity index (χ0v) is 10.5. The number of carbonyl (C=O) groups is 1. The van der Waals surface area contributed by atoms with Crippen molar-refractivity contribution in [3.63, 3.8) is 0 Å². The molecule has 0 aliphatic rings. The number of hydrogen-bond acceptors (Lipinski definition) is 4. The molecule has 5 heteroatoms. The van der Waals surface area contributed by atoms with Crippen LogP contribution in [-0.4, -0.2) is 25.7 Å². The molecule has 0 atom stereocenters. The molecule has 0 spiro atoms. The minimum Gasteiger partial charge on any atom is -0.480 e. The first-order chi connectivity index (χ1) is 8.19. The van der Waals surface area contributed by atoms with Crippen LogP contribution in [0.4, 0.5) is 0 Å². The van der Waals surface area contributed by atoms with Crippen molar-refractivity contribution in [1.82, 2.24) is 0 Å². The van der Waals surface area contributed by atoms with Crippen molar-refractivity contribution in [2.75, 3.05) is 19.8 Å². The quantitative estimate of drug-likeness (QED) is 0.789. The Bertz CT molecular complexity index is 382. The Morgan fingerprint density at radius 1 is 1.47 bits per heavy atom. The third-order valence-corrected chi connectivity index (χ3v) is 2.40. The van der Waals surface area contributed by atoms with E-state index >= 15 is 0 Å². The first kappa shape index (κ1) is 13.8. The molecule has 0 aliphatic carbocycles. The Morgan fingerprint density at radius 3 is 2.88 bits per heavy atom. The van der Waals surface area contributed by atoms with E-state index in [1.54, 1.807) is 13.0 Å². The lowest BCUT2D eigenvalue weighted by atomic mass is 10.1. The van der Waals surface area contributed by atoms with E-state index in [2.05, 4.69) is 0 Å². The smallest absolute Gasteiger partial charge is 0.344 e. The molecule has 1 rings (SSSR count). The van der Waals surface area contributed by atoms with Crippen molar-refractivity contribution in [2.45, 2.75) is 13.3 Å². The van der Waals surface area contributed by atoms with Crippen molar-refractivity contribution in [2.24, 2.45) is 5.73 Å². The van der Waals surface area contributed by atoms with Gasteiger partial charge < -0.3 is 15.2 Å². The Kier molecular flexibility index (Phi) is 5.80. The normalized spacial score (nSPS) is 10.1. The van der Waals surface area contributed by atoms with Gasteiger partial charge in [-0.2, -0.15) is 0 Å². The average molecular weight is 258 g/mol. The first-order valence-corrected chi connectivity index (χ1v) is 5.82. The molecule has 0 saturated heterocycles. The van der Waals surface area contributed by atoms with Crippen molar-refractivity contribution >= 4 is 17.6 Å². The van der Waals surface area contributed by atoms with Gasteiger partial charge in [0.1, 0.15) is 5.75 Å². The molecule has 1 aromatic rings. The fourth-order valence-corrected chi connectivity index (χ4v) is 1.65. The Morgan fingerprint density at radius 2 is 2.24 bits per heavy atom. The summed E-state index contributed by atoms with van der Waals surface area (Å²) in [6, 6.07) is 5.41. The lowest BCUT2D eigenvalue weighted by Gasteiger charge is -2.12. The number of para-hydroxylation sites is 1. The van der Waals surface area contributed by atoms with Crippen LogP contribution < -0.4 is 10.5 Å². The third kappa shape index (κ3) is 4.24. The van der Waals surface area contributed by atoms with Gasteiger partial charge in [0.2, 0.25) is 0 Å². The molecule has 0 unspecified atom stereocenters. The summed E-state index contributed by atoms with van der Waals surface area (Å²) >= 11 is 6.01. The number of rotatable bonds is 6. The molecule has 0 saturated carbocycles. The van der Waals surface area contributed by atoms with Gasteiger partial charge in [-0.1, -0.05) is 23.7 Å². The molecule has 17 heavy (non-hydrogen) atoms. The predicted molar refractivity (Wildman–Crippen MR) is 66.3 cm³/mol. The molecular formula is C12H16ClNO3. The molecule has 4 nitrogen and oxygen atoms in total. The van der Waals surface area contributed by atoms with Crippen LogP contribution in [0.15, 0.2) is 18.2 Å². The molecular weight excluding hydrogens is 242 g/mol. The second kappa shape index (κ2) is 7.14. The van der Waals surface area contributed by atoms with Gasteiger partial charge in [-0.25, -0.2) is 4.79 Å². The Hall–Kier alpha value is -1.26. The summed E-state index contributed by atoms with van der Waals surface area (Å²) in [7, 11) is 0. The lowest BCUT2D eigenvalue weighted by molar-refractivity contribution is -0.145. The van der Waals surface area contributed by atoms with Crippen LogP contribution in [0.2, 0.25) is 5.02 Å². The molecule has 0 aromatic heterocycles. The maximum absolute atomic E-state index is 11.2. The number of esters is 1. The summed E-state index contributed by atoms with van der Waals surface area (Å²) in [6.45, 7) is 2.43. The van der Waals surface area contributed by atoms with Crippen molar-refractivity contribution in [3.8, 4) is 5.75 Å². The van der Waals surface area contributed by atoms with E-state index in [1.165, 1.54) is 0 Å². The van der Waals surface area contributed by atoms with Gasteiger partial charge in [-0.15, -0.1) is 0 Å². The van der Waals surface area contributed by atoms with E-state index in [4.69, 9.17) is 26.8 Å². The average Bonchev–Trinajstić information content (AvgIpc) is 2.29. The first-order valence-electron chi connectivity index (χ1n) is 5.45. The fraction of sp³-hybridized carbons (Fsp3) is 0.417. The maximum Gasteiger partial charge on any atom is 0.344 e. The number of ether oxygens (including phenoxy) is 2. The molecule has 0 amide bonds.